The van der Waals surface area contributed by atoms with Crippen LogP contribution in [0.25, 0.3) is 17.1 Å². The minimum atomic E-state index is -0.281. The van der Waals surface area contributed by atoms with Crippen LogP contribution in [0, 0.1) is 6.92 Å². The summed E-state index contributed by atoms with van der Waals surface area (Å²) in [5.41, 5.74) is 3.00. The van der Waals surface area contributed by atoms with Crippen molar-refractivity contribution >= 4 is 29.3 Å². The molecule has 1 N–H and O–H groups in total. The van der Waals surface area contributed by atoms with E-state index < -0.39 is 0 Å². The van der Waals surface area contributed by atoms with E-state index in [4.69, 9.17) is 11.6 Å². The number of aromatic nitrogens is 3. The van der Waals surface area contributed by atoms with Crippen LogP contribution in [0.2, 0.25) is 5.02 Å². The third-order valence-corrected chi connectivity index (χ3v) is 5.59. The molecular weight excluding hydrogens is 392 g/mol. The molecule has 2 aromatic carbocycles. The molecule has 1 aromatic heterocycles. The topological polar surface area (TPSA) is 59.8 Å². The standard InChI is InChI=1S/C21H23ClN4OS/c1-4-13-23-20(27)15(3)28-21-25-24-19(16-9-11-17(22)12-10-16)26(21)18-8-6-5-7-14(18)2/h5-12,15H,4,13H2,1-3H3,(H,23,27). The van der Waals surface area contributed by atoms with Crippen LogP contribution in [-0.4, -0.2) is 32.5 Å². The molecular formula is C21H23ClN4OS. The normalized spacial score (nSPS) is 12.0. The number of halogens is 1. The van der Waals surface area contributed by atoms with Gasteiger partial charge in [0, 0.05) is 17.1 Å². The zero-order chi connectivity index (χ0) is 20.1. The van der Waals surface area contributed by atoms with Gasteiger partial charge in [0.15, 0.2) is 11.0 Å². The van der Waals surface area contributed by atoms with Gasteiger partial charge in [0.1, 0.15) is 0 Å². The molecule has 146 valence electrons. The molecule has 0 spiro atoms. The Balaban J connectivity index is 2.02. The van der Waals surface area contributed by atoms with Crippen LogP contribution < -0.4 is 5.32 Å². The van der Waals surface area contributed by atoms with Crippen LogP contribution in [0.3, 0.4) is 0 Å². The predicted octanol–water partition coefficient (Wildman–Crippen LogP) is 4.90. The van der Waals surface area contributed by atoms with Gasteiger partial charge in [0.05, 0.1) is 10.9 Å². The maximum absolute atomic E-state index is 12.3. The molecule has 1 atom stereocenters. The second kappa shape index (κ2) is 9.26. The zero-order valence-corrected chi connectivity index (χ0v) is 17.7. The molecule has 1 unspecified atom stereocenters. The Labute approximate surface area is 174 Å². The molecule has 0 bridgehead atoms. The van der Waals surface area contributed by atoms with Gasteiger partial charge in [-0.2, -0.15) is 0 Å². The average Bonchev–Trinajstić information content (AvgIpc) is 3.10. The summed E-state index contributed by atoms with van der Waals surface area (Å²) in [5.74, 6) is 0.717. The first-order chi connectivity index (χ1) is 13.5. The molecule has 0 saturated carbocycles. The Kier molecular flexibility index (Phi) is 6.75. The summed E-state index contributed by atoms with van der Waals surface area (Å²) in [6.45, 7) is 6.64. The minimum absolute atomic E-state index is 0.000716. The largest absolute Gasteiger partial charge is 0.355 e. The Morgan fingerprint density at radius 1 is 1.18 bits per heavy atom. The van der Waals surface area contributed by atoms with Crippen molar-refractivity contribution in [3.8, 4) is 17.1 Å². The predicted molar refractivity (Wildman–Crippen MR) is 115 cm³/mol. The second-order valence-electron chi connectivity index (χ2n) is 6.49. The van der Waals surface area contributed by atoms with E-state index in [-0.39, 0.29) is 11.2 Å². The van der Waals surface area contributed by atoms with E-state index in [0.29, 0.717) is 16.7 Å². The molecule has 0 aliphatic carbocycles. The smallest absolute Gasteiger partial charge is 0.233 e. The van der Waals surface area contributed by atoms with E-state index in [1.54, 1.807) is 0 Å². The highest BCUT2D eigenvalue weighted by molar-refractivity contribution is 8.00. The fraction of sp³-hybridized carbons (Fsp3) is 0.286. The summed E-state index contributed by atoms with van der Waals surface area (Å²) < 4.78 is 2.01. The number of carbonyl (C=O) groups is 1. The fourth-order valence-corrected chi connectivity index (χ4v) is 3.78. The van der Waals surface area contributed by atoms with Gasteiger partial charge >= 0.3 is 0 Å². The summed E-state index contributed by atoms with van der Waals surface area (Å²) in [6, 6.07) is 15.6. The van der Waals surface area contributed by atoms with E-state index in [1.807, 2.05) is 73.9 Å². The van der Waals surface area contributed by atoms with Crippen LogP contribution in [0.15, 0.2) is 53.7 Å². The molecule has 0 fully saturated rings. The van der Waals surface area contributed by atoms with E-state index >= 15 is 0 Å². The van der Waals surface area contributed by atoms with Crippen LogP contribution in [0.1, 0.15) is 25.8 Å². The van der Waals surface area contributed by atoms with Crippen LogP contribution in [-0.2, 0) is 4.79 Å². The molecule has 3 rings (SSSR count). The lowest BCUT2D eigenvalue weighted by atomic mass is 10.1. The Morgan fingerprint density at radius 2 is 1.89 bits per heavy atom. The number of hydrogen-bond acceptors (Lipinski definition) is 4. The second-order valence-corrected chi connectivity index (χ2v) is 8.23. The van der Waals surface area contributed by atoms with Gasteiger partial charge in [-0.3, -0.25) is 9.36 Å². The molecule has 0 aliphatic heterocycles. The third-order valence-electron chi connectivity index (χ3n) is 4.29. The number of thioether (sulfide) groups is 1. The van der Waals surface area contributed by atoms with Crippen LogP contribution in [0.4, 0.5) is 0 Å². The molecule has 1 heterocycles. The summed E-state index contributed by atoms with van der Waals surface area (Å²) in [4.78, 5) is 12.3. The zero-order valence-electron chi connectivity index (χ0n) is 16.1. The van der Waals surface area contributed by atoms with E-state index in [9.17, 15) is 4.79 Å². The Morgan fingerprint density at radius 3 is 2.57 bits per heavy atom. The van der Waals surface area contributed by atoms with Gasteiger partial charge < -0.3 is 5.32 Å². The first-order valence-electron chi connectivity index (χ1n) is 9.23. The minimum Gasteiger partial charge on any atom is -0.355 e. The highest BCUT2D eigenvalue weighted by Gasteiger charge is 2.22. The number of nitrogens with one attached hydrogen (secondary N) is 1. The molecule has 7 heteroatoms. The van der Waals surface area contributed by atoms with Gasteiger partial charge in [-0.15, -0.1) is 10.2 Å². The molecule has 0 aliphatic rings. The van der Waals surface area contributed by atoms with Crippen molar-refractivity contribution in [3.63, 3.8) is 0 Å². The number of nitrogens with zero attached hydrogens (tertiary/aromatic N) is 3. The summed E-state index contributed by atoms with van der Waals surface area (Å²) >= 11 is 7.44. The lowest BCUT2D eigenvalue weighted by Gasteiger charge is -2.15. The number of amides is 1. The van der Waals surface area contributed by atoms with Gasteiger partial charge in [-0.25, -0.2) is 0 Å². The summed E-state index contributed by atoms with van der Waals surface area (Å²) in [6.07, 6.45) is 0.906. The number of carbonyl (C=O) groups excluding carboxylic acids is 1. The monoisotopic (exact) mass is 414 g/mol. The number of para-hydroxylation sites is 1. The van der Waals surface area contributed by atoms with Gasteiger partial charge in [0.25, 0.3) is 0 Å². The molecule has 3 aromatic rings. The highest BCUT2D eigenvalue weighted by atomic mass is 35.5. The molecule has 0 radical (unpaired) electrons. The first-order valence-corrected chi connectivity index (χ1v) is 10.5. The number of benzene rings is 2. The average molecular weight is 415 g/mol. The molecule has 28 heavy (non-hydrogen) atoms. The third kappa shape index (κ3) is 4.56. The number of rotatable bonds is 7. The van der Waals surface area contributed by atoms with E-state index in [1.165, 1.54) is 11.8 Å². The molecule has 5 nitrogen and oxygen atoms in total. The van der Waals surface area contributed by atoms with Crippen molar-refractivity contribution in [3.05, 3.63) is 59.1 Å². The van der Waals surface area contributed by atoms with Crippen LogP contribution in [0.5, 0.6) is 0 Å². The highest BCUT2D eigenvalue weighted by Crippen LogP contribution is 2.31. The van der Waals surface area contributed by atoms with Crippen molar-refractivity contribution in [2.24, 2.45) is 0 Å². The van der Waals surface area contributed by atoms with E-state index in [0.717, 1.165) is 29.1 Å². The van der Waals surface area contributed by atoms with Crippen molar-refractivity contribution in [1.82, 2.24) is 20.1 Å². The first kappa shape index (κ1) is 20.4. The van der Waals surface area contributed by atoms with Gasteiger partial charge in [-0.1, -0.05) is 48.5 Å². The summed E-state index contributed by atoms with van der Waals surface area (Å²) in [5, 5.41) is 12.8. The van der Waals surface area contributed by atoms with Gasteiger partial charge in [-0.05, 0) is 56.2 Å². The SMILES string of the molecule is CCCNC(=O)C(C)Sc1nnc(-c2ccc(Cl)cc2)n1-c1ccccc1C. The van der Waals surface area contributed by atoms with Crippen LogP contribution >= 0.6 is 23.4 Å². The maximum atomic E-state index is 12.3. The quantitative estimate of drug-likeness (QED) is 0.558. The van der Waals surface area contributed by atoms with Crippen molar-refractivity contribution in [2.75, 3.05) is 6.54 Å². The maximum Gasteiger partial charge on any atom is 0.233 e. The fourth-order valence-electron chi connectivity index (χ4n) is 2.77. The Bertz CT molecular complexity index is 955. The van der Waals surface area contributed by atoms with Crippen molar-refractivity contribution < 1.29 is 4.79 Å². The summed E-state index contributed by atoms with van der Waals surface area (Å²) in [7, 11) is 0. The Hall–Kier alpha value is -2.31. The lowest BCUT2D eigenvalue weighted by Crippen LogP contribution is -2.31. The number of hydrogen-bond donors (Lipinski definition) is 1. The van der Waals surface area contributed by atoms with Gasteiger partial charge in [0.2, 0.25) is 5.91 Å². The lowest BCUT2D eigenvalue weighted by molar-refractivity contribution is -0.120. The molecule has 0 saturated heterocycles. The van der Waals surface area contributed by atoms with E-state index in [2.05, 4.69) is 15.5 Å². The van der Waals surface area contributed by atoms with Crippen molar-refractivity contribution in [1.29, 1.82) is 0 Å². The molecule has 1 amide bonds. The van der Waals surface area contributed by atoms with Crippen molar-refractivity contribution in [2.45, 2.75) is 37.6 Å². The number of aryl methyl sites for hydroxylation is 1.